The van der Waals surface area contributed by atoms with E-state index in [9.17, 15) is 14.0 Å². The summed E-state index contributed by atoms with van der Waals surface area (Å²) in [6.45, 7) is 4.91. The monoisotopic (exact) mass is 379 g/mol. The molecule has 2 aliphatic rings. The van der Waals surface area contributed by atoms with Crippen molar-refractivity contribution in [2.24, 2.45) is 0 Å². The number of rotatable bonds is 5. The van der Waals surface area contributed by atoms with Crippen LogP contribution in [0, 0.1) is 5.82 Å². The van der Waals surface area contributed by atoms with Gasteiger partial charge in [-0.3, -0.25) is 19.4 Å². The molecule has 0 radical (unpaired) electrons. The Labute approximate surface area is 158 Å². The highest BCUT2D eigenvalue weighted by molar-refractivity contribution is 5.83. The summed E-state index contributed by atoms with van der Waals surface area (Å²) >= 11 is 0. The zero-order valence-corrected chi connectivity index (χ0v) is 15.6. The first-order valence-electron chi connectivity index (χ1n) is 9.23. The number of methoxy groups -OCH3 is 1. The Morgan fingerprint density at radius 1 is 1.15 bits per heavy atom. The molecule has 1 aromatic rings. The van der Waals surface area contributed by atoms with Crippen LogP contribution in [0.5, 0.6) is 0 Å². The second kappa shape index (κ2) is 9.25. The van der Waals surface area contributed by atoms with Crippen LogP contribution in [0.25, 0.3) is 0 Å². The van der Waals surface area contributed by atoms with Crippen molar-refractivity contribution in [2.45, 2.75) is 6.04 Å². The van der Waals surface area contributed by atoms with Crippen LogP contribution in [0.4, 0.5) is 4.39 Å². The Balaban J connectivity index is 1.71. The number of morpholine rings is 1. The zero-order valence-electron chi connectivity index (χ0n) is 15.6. The third-order valence-corrected chi connectivity index (χ3v) is 5.07. The number of esters is 1. The maximum Gasteiger partial charge on any atom is 0.319 e. The van der Waals surface area contributed by atoms with E-state index in [4.69, 9.17) is 9.47 Å². The van der Waals surface area contributed by atoms with Gasteiger partial charge in [-0.2, -0.15) is 0 Å². The van der Waals surface area contributed by atoms with Crippen molar-refractivity contribution >= 4 is 11.9 Å². The van der Waals surface area contributed by atoms with Gasteiger partial charge in [-0.1, -0.05) is 12.1 Å². The SMILES string of the molecule is COC(=O)CN1CCN(C(=O)[C@H](c2cccc(F)c2)N2CCOCC2)CC1. The largest absolute Gasteiger partial charge is 0.468 e. The number of piperazine rings is 1. The zero-order chi connectivity index (χ0) is 19.2. The van der Waals surface area contributed by atoms with Crippen LogP contribution >= 0.6 is 0 Å². The van der Waals surface area contributed by atoms with Gasteiger partial charge in [-0.05, 0) is 17.7 Å². The summed E-state index contributed by atoms with van der Waals surface area (Å²) in [5.74, 6) is -0.651. The lowest BCUT2D eigenvalue weighted by atomic mass is 10.0. The van der Waals surface area contributed by atoms with Gasteiger partial charge >= 0.3 is 5.97 Å². The number of hydrogen-bond acceptors (Lipinski definition) is 6. The minimum absolute atomic E-state index is 0.0276. The maximum absolute atomic E-state index is 13.8. The van der Waals surface area contributed by atoms with Gasteiger partial charge in [0.1, 0.15) is 11.9 Å². The second-order valence-corrected chi connectivity index (χ2v) is 6.78. The molecule has 0 saturated carbocycles. The van der Waals surface area contributed by atoms with E-state index in [-0.39, 0.29) is 24.2 Å². The summed E-state index contributed by atoms with van der Waals surface area (Å²) in [6.07, 6.45) is 0. The molecule has 148 valence electrons. The highest BCUT2D eigenvalue weighted by atomic mass is 19.1. The fraction of sp³-hybridized carbons (Fsp3) is 0.579. The molecule has 0 spiro atoms. The summed E-state index contributed by atoms with van der Waals surface area (Å²) in [6, 6.07) is 5.74. The van der Waals surface area contributed by atoms with Crippen LogP contribution in [0.3, 0.4) is 0 Å². The Hall–Kier alpha value is -2.03. The van der Waals surface area contributed by atoms with Crippen LogP contribution in [0.1, 0.15) is 11.6 Å². The van der Waals surface area contributed by atoms with E-state index in [0.717, 1.165) is 0 Å². The molecule has 0 aliphatic carbocycles. The Bertz CT molecular complexity index is 658. The molecule has 0 unspecified atom stereocenters. The Morgan fingerprint density at radius 2 is 1.85 bits per heavy atom. The fourth-order valence-corrected chi connectivity index (χ4v) is 3.57. The van der Waals surface area contributed by atoms with Crippen LogP contribution in [-0.4, -0.2) is 92.7 Å². The summed E-state index contributed by atoms with van der Waals surface area (Å²) in [4.78, 5) is 30.6. The van der Waals surface area contributed by atoms with Crippen molar-refractivity contribution < 1.29 is 23.5 Å². The molecule has 2 fully saturated rings. The minimum Gasteiger partial charge on any atom is -0.468 e. The third kappa shape index (κ3) is 5.03. The molecule has 1 aromatic carbocycles. The van der Waals surface area contributed by atoms with Gasteiger partial charge in [0.2, 0.25) is 5.91 Å². The molecule has 8 heteroatoms. The number of nitrogens with zero attached hydrogens (tertiary/aromatic N) is 3. The minimum atomic E-state index is -0.517. The van der Waals surface area contributed by atoms with E-state index in [0.29, 0.717) is 58.0 Å². The predicted molar refractivity (Wildman–Crippen MR) is 96.6 cm³/mol. The van der Waals surface area contributed by atoms with E-state index < -0.39 is 6.04 Å². The first-order valence-corrected chi connectivity index (χ1v) is 9.23. The fourth-order valence-electron chi connectivity index (χ4n) is 3.57. The average Bonchev–Trinajstić information content (AvgIpc) is 2.69. The molecule has 27 heavy (non-hydrogen) atoms. The van der Waals surface area contributed by atoms with Gasteiger partial charge < -0.3 is 14.4 Å². The molecule has 2 heterocycles. The van der Waals surface area contributed by atoms with Gasteiger partial charge in [0.25, 0.3) is 0 Å². The summed E-state index contributed by atoms with van der Waals surface area (Å²) < 4.78 is 23.9. The lowest BCUT2D eigenvalue weighted by Gasteiger charge is -2.40. The van der Waals surface area contributed by atoms with Crippen molar-refractivity contribution in [3.8, 4) is 0 Å². The first-order chi connectivity index (χ1) is 13.1. The summed E-state index contributed by atoms with van der Waals surface area (Å²) in [5, 5.41) is 0. The van der Waals surface area contributed by atoms with Gasteiger partial charge in [0.15, 0.2) is 0 Å². The summed E-state index contributed by atoms with van der Waals surface area (Å²) in [5.41, 5.74) is 0.666. The summed E-state index contributed by atoms with van der Waals surface area (Å²) in [7, 11) is 1.37. The Kier molecular flexibility index (Phi) is 6.76. The molecular formula is C19H26FN3O4. The van der Waals surface area contributed by atoms with Gasteiger partial charge in [-0.25, -0.2) is 4.39 Å². The molecule has 3 rings (SSSR count). The average molecular weight is 379 g/mol. The molecule has 7 nitrogen and oxygen atoms in total. The molecule has 0 N–H and O–H groups in total. The second-order valence-electron chi connectivity index (χ2n) is 6.78. The van der Waals surface area contributed by atoms with Gasteiger partial charge in [0.05, 0.1) is 26.9 Å². The number of halogens is 1. The number of benzene rings is 1. The number of amides is 1. The molecular weight excluding hydrogens is 353 g/mol. The quantitative estimate of drug-likeness (QED) is 0.695. The maximum atomic E-state index is 13.8. The Morgan fingerprint density at radius 3 is 2.48 bits per heavy atom. The molecule has 2 aliphatic heterocycles. The number of ether oxygens (including phenoxy) is 2. The lowest BCUT2D eigenvalue weighted by Crippen LogP contribution is -2.54. The third-order valence-electron chi connectivity index (χ3n) is 5.07. The van der Waals surface area contributed by atoms with Gasteiger partial charge in [0, 0.05) is 39.3 Å². The van der Waals surface area contributed by atoms with Crippen molar-refractivity contribution in [1.82, 2.24) is 14.7 Å². The van der Waals surface area contributed by atoms with Crippen LogP contribution < -0.4 is 0 Å². The van der Waals surface area contributed by atoms with Crippen LogP contribution in [0.2, 0.25) is 0 Å². The normalized spacial score (nSPS) is 20.3. The van der Waals surface area contributed by atoms with Crippen molar-refractivity contribution in [2.75, 3.05) is 66.1 Å². The van der Waals surface area contributed by atoms with E-state index in [1.807, 2.05) is 4.90 Å². The molecule has 0 bridgehead atoms. The van der Waals surface area contributed by atoms with Crippen molar-refractivity contribution in [3.05, 3.63) is 35.6 Å². The van der Waals surface area contributed by atoms with Gasteiger partial charge in [-0.15, -0.1) is 0 Å². The highest BCUT2D eigenvalue weighted by Crippen LogP contribution is 2.25. The molecule has 0 aromatic heterocycles. The van der Waals surface area contributed by atoms with Crippen LogP contribution in [-0.2, 0) is 19.1 Å². The van der Waals surface area contributed by atoms with E-state index >= 15 is 0 Å². The smallest absolute Gasteiger partial charge is 0.319 e. The number of carbonyl (C=O) groups excluding carboxylic acids is 2. The van der Waals surface area contributed by atoms with Crippen molar-refractivity contribution in [1.29, 1.82) is 0 Å². The standard InChI is InChI=1S/C19H26FN3O4/c1-26-17(24)14-21-5-7-23(8-6-21)19(25)18(22-9-11-27-12-10-22)15-3-2-4-16(20)13-15/h2-4,13,18H,5-12,14H2,1H3/t18-/m0/s1. The van der Waals surface area contributed by atoms with E-state index in [1.54, 1.807) is 17.0 Å². The topological polar surface area (TPSA) is 62.3 Å². The number of hydrogen-bond donors (Lipinski definition) is 0. The lowest BCUT2D eigenvalue weighted by molar-refractivity contribution is -0.144. The number of carbonyl (C=O) groups is 2. The van der Waals surface area contributed by atoms with E-state index in [2.05, 4.69) is 4.90 Å². The highest BCUT2D eigenvalue weighted by Gasteiger charge is 2.34. The van der Waals surface area contributed by atoms with Crippen molar-refractivity contribution in [3.63, 3.8) is 0 Å². The van der Waals surface area contributed by atoms with E-state index in [1.165, 1.54) is 19.2 Å². The predicted octanol–water partition coefficient (Wildman–Crippen LogP) is 0.516. The molecule has 1 amide bonds. The molecule has 1 atom stereocenters. The van der Waals surface area contributed by atoms with Crippen LogP contribution in [0.15, 0.2) is 24.3 Å². The molecule has 2 saturated heterocycles. The first kappa shape index (κ1) is 19.7.